The van der Waals surface area contributed by atoms with Crippen molar-refractivity contribution < 1.29 is 14.4 Å². The van der Waals surface area contributed by atoms with Crippen LogP contribution in [-0.4, -0.2) is 28.7 Å². The number of unbranched alkanes of at least 4 members (excludes halogenated alkanes) is 1. The van der Waals surface area contributed by atoms with Crippen molar-refractivity contribution in [3.8, 4) is 0 Å². The van der Waals surface area contributed by atoms with Crippen LogP contribution < -0.4 is 5.32 Å². The molecule has 5 heteroatoms. The van der Waals surface area contributed by atoms with Gasteiger partial charge in [-0.25, -0.2) is 0 Å². The van der Waals surface area contributed by atoms with E-state index in [0.29, 0.717) is 11.1 Å². The molecule has 2 unspecified atom stereocenters. The summed E-state index contributed by atoms with van der Waals surface area (Å²) >= 11 is 0. The molecule has 168 valence electrons. The standard InChI is InChI=1S/C28H28N2O3/c1-2-3-18-24(21-14-8-5-9-15-21)29-26(31)25(19-20-12-6-4-7-13-20)30-27(32)22-16-10-11-17-23(22)28(30)33/h4-17,24-25H,2-3,18-19H2,1H3,(H,29,31). The third-order valence-corrected chi connectivity index (χ3v) is 6.08. The average molecular weight is 441 g/mol. The van der Waals surface area contributed by atoms with Crippen LogP contribution in [0.2, 0.25) is 0 Å². The molecule has 0 aliphatic carbocycles. The second-order valence-corrected chi connectivity index (χ2v) is 8.35. The van der Waals surface area contributed by atoms with Gasteiger partial charge in [-0.3, -0.25) is 19.3 Å². The fourth-order valence-corrected chi connectivity index (χ4v) is 4.31. The van der Waals surface area contributed by atoms with Gasteiger partial charge >= 0.3 is 0 Å². The molecule has 3 aromatic rings. The molecule has 2 atom stereocenters. The van der Waals surface area contributed by atoms with E-state index < -0.39 is 17.9 Å². The van der Waals surface area contributed by atoms with Crippen molar-refractivity contribution in [2.24, 2.45) is 0 Å². The van der Waals surface area contributed by atoms with Crippen LogP contribution in [0.1, 0.15) is 64.1 Å². The molecular weight excluding hydrogens is 412 g/mol. The number of fused-ring (bicyclic) bond motifs is 1. The molecule has 1 N–H and O–H groups in total. The van der Waals surface area contributed by atoms with Crippen LogP contribution in [0.4, 0.5) is 0 Å². The van der Waals surface area contributed by atoms with Crippen LogP contribution in [0, 0.1) is 0 Å². The van der Waals surface area contributed by atoms with E-state index in [1.165, 1.54) is 0 Å². The van der Waals surface area contributed by atoms with Crippen molar-refractivity contribution in [1.29, 1.82) is 0 Å². The smallest absolute Gasteiger partial charge is 0.262 e. The summed E-state index contributed by atoms with van der Waals surface area (Å²) in [4.78, 5) is 41.2. The predicted octanol–water partition coefficient (Wildman–Crippen LogP) is 4.94. The van der Waals surface area contributed by atoms with Gasteiger partial charge in [-0.15, -0.1) is 0 Å². The first-order valence-electron chi connectivity index (χ1n) is 11.5. The summed E-state index contributed by atoms with van der Waals surface area (Å²) in [5.74, 6) is -1.16. The minimum absolute atomic E-state index is 0.188. The summed E-state index contributed by atoms with van der Waals surface area (Å²) < 4.78 is 0. The fourth-order valence-electron chi connectivity index (χ4n) is 4.31. The number of nitrogens with zero attached hydrogens (tertiary/aromatic N) is 1. The topological polar surface area (TPSA) is 66.5 Å². The maximum absolute atomic E-state index is 13.7. The summed E-state index contributed by atoms with van der Waals surface area (Å²) in [5, 5.41) is 3.15. The normalized spacial score (nSPS) is 14.6. The van der Waals surface area contributed by atoms with Gasteiger partial charge in [-0.1, -0.05) is 92.6 Å². The predicted molar refractivity (Wildman–Crippen MR) is 128 cm³/mol. The van der Waals surface area contributed by atoms with Crippen LogP contribution >= 0.6 is 0 Å². The Morgan fingerprint density at radius 3 is 1.94 bits per heavy atom. The number of benzene rings is 3. The van der Waals surface area contributed by atoms with E-state index in [2.05, 4.69) is 12.2 Å². The number of nitrogens with one attached hydrogen (secondary N) is 1. The Hall–Kier alpha value is -3.73. The van der Waals surface area contributed by atoms with Gasteiger partial charge in [0.05, 0.1) is 17.2 Å². The van der Waals surface area contributed by atoms with Gasteiger partial charge in [0.1, 0.15) is 6.04 Å². The van der Waals surface area contributed by atoms with Gasteiger partial charge in [-0.2, -0.15) is 0 Å². The Bertz CT molecular complexity index is 1090. The summed E-state index contributed by atoms with van der Waals surface area (Å²) in [5.41, 5.74) is 2.59. The Labute approximate surface area is 194 Å². The van der Waals surface area contributed by atoms with Gasteiger partial charge in [0.2, 0.25) is 5.91 Å². The maximum atomic E-state index is 13.7. The third-order valence-electron chi connectivity index (χ3n) is 6.08. The summed E-state index contributed by atoms with van der Waals surface area (Å²) in [6.45, 7) is 2.11. The Balaban J connectivity index is 1.65. The van der Waals surface area contributed by atoms with E-state index in [-0.39, 0.29) is 18.4 Å². The molecule has 0 saturated carbocycles. The molecule has 5 nitrogen and oxygen atoms in total. The lowest BCUT2D eigenvalue weighted by atomic mass is 9.99. The lowest BCUT2D eigenvalue weighted by Gasteiger charge is -2.28. The first-order valence-corrected chi connectivity index (χ1v) is 11.5. The van der Waals surface area contributed by atoms with Crippen LogP contribution in [0.5, 0.6) is 0 Å². The minimum Gasteiger partial charge on any atom is -0.347 e. The van der Waals surface area contributed by atoms with Crippen molar-refractivity contribution in [3.05, 3.63) is 107 Å². The van der Waals surface area contributed by atoms with Gasteiger partial charge in [0.15, 0.2) is 0 Å². The van der Waals surface area contributed by atoms with Crippen molar-refractivity contribution in [2.75, 3.05) is 0 Å². The Morgan fingerprint density at radius 1 is 0.818 bits per heavy atom. The number of hydrogen-bond donors (Lipinski definition) is 1. The number of imide groups is 1. The second kappa shape index (κ2) is 10.3. The first-order chi connectivity index (χ1) is 16.1. The molecule has 0 spiro atoms. The highest BCUT2D eigenvalue weighted by molar-refractivity contribution is 6.22. The number of amides is 3. The number of carbonyl (C=O) groups excluding carboxylic acids is 3. The van der Waals surface area contributed by atoms with Crippen LogP contribution in [0.3, 0.4) is 0 Å². The molecule has 4 rings (SSSR count). The lowest BCUT2D eigenvalue weighted by Crippen LogP contribution is -2.51. The highest BCUT2D eigenvalue weighted by atomic mass is 16.2. The van der Waals surface area contributed by atoms with E-state index in [1.807, 2.05) is 60.7 Å². The monoisotopic (exact) mass is 440 g/mol. The Morgan fingerprint density at radius 2 is 1.36 bits per heavy atom. The van der Waals surface area contributed by atoms with E-state index in [1.54, 1.807) is 24.3 Å². The quantitative estimate of drug-likeness (QED) is 0.479. The number of hydrogen-bond acceptors (Lipinski definition) is 3. The molecule has 1 aliphatic rings. The second-order valence-electron chi connectivity index (χ2n) is 8.35. The van der Waals surface area contributed by atoms with Crippen LogP contribution in [0.25, 0.3) is 0 Å². The van der Waals surface area contributed by atoms with Crippen LogP contribution in [0.15, 0.2) is 84.9 Å². The van der Waals surface area contributed by atoms with Gasteiger partial charge in [0, 0.05) is 6.42 Å². The molecule has 3 amide bonds. The van der Waals surface area contributed by atoms with Crippen LogP contribution in [-0.2, 0) is 11.2 Å². The molecular formula is C28H28N2O3. The van der Waals surface area contributed by atoms with E-state index in [0.717, 1.165) is 35.3 Å². The minimum atomic E-state index is -0.937. The van der Waals surface area contributed by atoms with E-state index in [4.69, 9.17) is 0 Å². The molecule has 1 heterocycles. The average Bonchev–Trinajstić information content (AvgIpc) is 3.11. The van der Waals surface area contributed by atoms with Gasteiger partial charge in [-0.05, 0) is 29.7 Å². The molecule has 0 saturated heterocycles. The van der Waals surface area contributed by atoms with Gasteiger partial charge < -0.3 is 5.32 Å². The molecule has 1 aliphatic heterocycles. The lowest BCUT2D eigenvalue weighted by molar-refractivity contribution is -0.125. The number of carbonyl (C=O) groups is 3. The van der Waals surface area contributed by atoms with E-state index >= 15 is 0 Å². The fraction of sp³-hybridized carbons (Fsp3) is 0.250. The highest BCUT2D eigenvalue weighted by Gasteiger charge is 2.43. The molecule has 33 heavy (non-hydrogen) atoms. The van der Waals surface area contributed by atoms with Crippen molar-refractivity contribution >= 4 is 17.7 Å². The molecule has 3 aromatic carbocycles. The van der Waals surface area contributed by atoms with Gasteiger partial charge in [0.25, 0.3) is 11.8 Å². The highest BCUT2D eigenvalue weighted by Crippen LogP contribution is 2.27. The SMILES string of the molecule is CCCCC(NC(=O)C(Cc1ccccc1)N1C(=O)c2ccccc2C1=O)c1ccccc1. The molecule has 0 aromatic heterocycles. The molecule has 0 radical (unpaired) electrons. The van der Waals surface area contributed by atoms with Crippen molar-refractivity contribution in [1.82, 2.24) is 10.2 Å². The zero-order valence-electron chi connectivity index (χ0n) is 18.7. The summed E-state index contributed by atoms with van der Waals surface area (Å²) in [6, 6.07) is 24.9. The molecule has 0 fully saturated rings. The third kappa shape index (κ3) is 4.87. The summed E-state index contributed by atoms with van der Waals surface area (Å²) in [7, 11) is 0. The largest absolute Gasteiger partial charge is 0.347 e. The Kier molecular flexibility index (Phi) is 6.98. The summed E-state index contributed by atoms with van der Waals surface area (Å²) in [6.07, 6.45) is 3.00. The zero-order valence-corrected chi connectivity index (χ0v) is 18.7. The zero-order chi connectivity index (χ0) is 23.2. The van der Waals surface area contributed by atoms with E-state index in [9.17, 15) is 14.4 Å². The van der Waals surface area contributed by atoms with Crippen molar-refractivity contribution in [2.45, 2.75) is 44.7 Å². The maximum Gasteiger partial charge on any atom is 0.262 e. The molecule has 0 bridgehead atoms. The van der Waals surface area contributed by atoms with Crippen molar-refractivity contribution in [3.63, 3.8) is 0 Å². The number of rotatable bonds is 9. The first kappa shape index (κ1) is 22.5.